The van der Waals surface area contributed by atoms with Crippen LogP contribution in [0.3, 0.4) is 0 Å². The van der Waals surface area contributed by atoms with Crippen LogP contribution in [0.5, 0.6) is 5.75 Å². The van der Waals surface area contributed by atoms with Gasteiger partial charge in [0.05, 0.1) is 18.2 Å². The van der Waals surface area contributed by atoms with Crippen LogP contribution in [0.1, 0.15) is 74.9 Å². The Hall–Kier alpha value is -4.19. The largest absolute Gasteiger partial charge is 0.434 e. The van der Waals surface area contributed by atoms with Crippen molar-refractivity contribution in [1.29, 1.82) is 5.26 Å². The molecule has 9 nitrogen and oxygen atoms in total. The van der Waals surface area contributed by atoms with Crippen LogP contribution >= 0.6 is 0 Å². The maximum Gasteiger partial charge on any atom is 0.415 e. The topological polar surface area (TPSA) is 117 Å². The molecule has 1 atom stereocenters. The lowest BCUT2D eigenvalue weighted by molar-refractivity contribution is -0.138. The summed E-state index contributed by atoms with van der Waals surface area (Å²) in [7, 11) is 0. The Morgan fingerprint density at radius 3 is 2.23 bits per heavy atom. The van der Waals surface area contributed by atoms with E-state index in [4.69, 9.17) is 14.7 Å². The molecule has 0 N–H and O–H groups in total. The van der Waals surface area contributed by atoms with E-state index in [1.165, 1.54) is 11.8 Å². The third-order valence-electron chi connectivity index (χ3n) is 5.93. The van der Waals surface area contributed by atoms with Gasteiger partial charge >= 0.3 is 12.1 Å². The first-order valence-electron chi connectivity index (χ1n) is 13.2. The van der Waals surface area contributed by atoms with Crippen LogP contribution in [-0.4, -0.2) is 54.4 Å². The number of carbonyl (C=O) groups is 4. The van der Waals surface area contributed by atoms with E-state index in [2.05, 4.69) is 0 Å². The molecule has 1 unspecified atom stereocenters. The van der Waals surface area contributed by atoms with Gasteiger partial charge in [0.1, 0.15) is 5.75 Å². The highest BCUT2D eigenvalue weighted by molar-refractivity contribution is 5.97. The maximum absolute atomic E-state index is 12.5. The highest BCUT2D eigenvalue weighted by Crippen LogP contribution is 2.23. The second-order valence-electron chi connectivity index (χ2n) is 9.21. The van der Waals surface area contributed by atoms with Gasteiger partial charge in [0.15, 0.2) is 11.9 Å². The summed E-state index contributed by atoms with van der Waals surface area (Å²) in [4.78, 5) is 50.3. The molecule has 2 aromatic carbocycles. The summed E-state index contributed by atoms with van der Waals surface area (Å²) >= 11 is 0. The molecule has 2 aromatic rings. The van der Waals surface area contributed by atoms with Gasteiger partial charge in [0, 0.05) is 37.7 Å². The van der Waals surface area contributed by atoms with Crippen molar-refractivity contribution in [2.75, 3.05) is 24.5 Å². The van der Waals surface area contributed by atoms with Crippen molar-refractivity contribution in [3.63, 3.8) is 0 Å². The minimum Gasteiger partial charge on any atom is -0.434 e. The molecule has 3 rings (SSSR count). The minimum absolute atomic E-state index is 0.0795. The predicted molar refractivity (Wildman–Crippen MR) is 148 cm³/mol. The molecule has 0 aromatic heterocycles. The van der Waals surface area contributed by atoms with Crippen LogP contribution in [0.15, 0.2) is 42.5 Å². The van der Waals surface area contributed by atoms with E-state index >= 15 is 0 Å². The first kappa shape index (κ1) is 31.0. The fourth-order valence-electron chi connectivity index (χ4n) is 4.00. The number of ketones is 1. The number of hydrogen-bond donors (Lipinski definition) is 0. The van der Waals surface area contributed by atoms with Crippen LogP contribution < -0.4 is 9.64 Å². The van der Waals surface area contributed by atoms with Crippen molar-refractivity contribution >= 4 is 29.4 Å². The lowest BCUT2D eigenvalue weighted by Crippen LogP contribution is -2.42. The third-order valence-corrected chi connectivity index (χ3v) is 5.93. The van der Waals surface area contributed by atoms with Gasteiger partial charge in [-0.25, -0.2) is 4.79 Å². The van der Waals surface area contributed by atoms with Gasteiger partial charge in [-0.3, -0.25) is 19.3 Å². The zero-order chi connectivity index (χ0) is 28.9. The molecular formula is C30H37N3O6. The van der Waals surface area contributed by atoms with Crippen molar-refractivity contribution in [1.82, 2.24) is 4.90 Å². The van der Waals surface area contributed by atoms with Gasteiger partial charge in [-0.2, -0.15) is 5.26 Å². The average Bonchev–Trinajstić information content (AvgIpc) is 3.31. The summed E-state index contributed by atoms with van der Waals surface area (Å²) in [5.41, 5.74) is 2.60. The van der Waals surface area contributed by atoms with Gasteiger partial charge in [-0.05, 0) is 62.1 Å². The molecule has 208 valence electrons. The molecule has 1 aliphatic heterocycles. The van der Waals surface area contributed by atoms with Gasteiger partial charge in [0.2, 0.25) is 0 Å². The average molecular weight is 536 g/mol. The van der Waals surface area contributed by atoms with Crippen LogP contribution in [0.25, 0.3) is 0 Å². The Balaban J connectivity index is 0.000000293. The minimum atomic E-state index is -0.767. The highest BCUT2D eigenvalue weighted by Gasteiger charge is 2.38. The number of benzene rings is 2. The predicted octanol–water partition coefficient (Wildman–Crippen LogP) is 5.44. The number of Topliss-reactive ketones (excluding diaryl/α,β-unsaturated/α-hetero) is 1. The Kier molecular flexibility index (Phi) is 12.2. The van der Waals surface area contributed by atoms with E-state index in [0.29, 0.717) is 42.1 Å². The number of nitrogens with zero attached hydrogens (tertiary/aromatic N) is 3. The molecule has 2 amide bonds. The molecule has 1 heterocycles. The number of aryl methyl sites for hydroxylation is 1. The Labute approximate surface area is 230 Å². The number of esters is 1. The molecule has 1 fully saturated rings. The number of cyclic esters (lactones) is 1. The molecule has 0 spiro atoms. The standard InChI is InChI=1S/C17H21N3O3.C13H16O3/c1-3-9-19(10-4-2)16(21)15-12-20(17(22)23-15)14-7-5-13(11-18)6-8-14;1-4-5-12(15)11-7-6-9(2)13(8-11)16-10(3)14/h5-8,15H,3-4,9-10,12H2,1-2H3;6-8H,4-5H2,1-3H3. The van der Waals surface area contributed by atoms with E-state index in [-0.39, 0.29) is 24.2 Å². The van der Waals surface area contributed by atoms with Crippen LogP contribution in [-0.2, 0) is 14.3 Å². The molecule has 39 heavy (non-hydrogen) atoms. The molecule has 0 bridgehead atoms. The Morgan fingerprint density at radius 2 is 1.69 bits per heavy atom. The number of rotatable bonds is 10. The summed E-state index contributed by atoms with van der Waals surface area (Å²) in [6, 6.07) is 13.9. The summed E-state index contributed by atoms with van der Waals surface area (Å²) in [5, 5.41) is 8.82. The zero-order valence-electron chi connectivity index (χ0n) is 23.4. The van der Waals surface area contributed by atoms with Crippen LogP contribution in [0.2, 0.25) is 0 Å². The molecule has 0 aliphatic carbocycles. The lowest BCUT2D eigenvalue weighted by atomic mass is 10.0. The molecule has 0 radical (unpaired) electrons. The van der Waals surface area contributed by atoms with Crippen LogP contribution in [0, 0.1) is 18.3 Å². The summed E-state index contributed by atoms with van der Waals surface area (Å²) in [6.07, 6.45) is 1.77. The van der Waals surface area contributed by atoms with Crippen molar-refractivity contribution in [3.05, 3.63) is 59.2 Å². The fraction of sp³-hybridized carbons (Fsp3) is 0.433. The van der Waals surface area contributed by atoms with E-state index in [1.54, 1.807) is 47.4 Å². The van der Waals surface area contributed by atoms with Gasteiger partial charge in [0.25, 0.3) is 5.91 Å². The van der Waals surface area contributed by atoms with E-state index in [9.17, 15) is 19.2 Å². The van der Waals surface area contributed by atoms with E-state index < -0.39 is 12.2 Å². The summed E-state index contributed by atoms with van der Waals surface area (Å²) < 4.78 is 10.3. The fourth-order valence-corrected chi connectivity index (χ4v) is 4.00. The van der Waals surface area contributed by atoms with E-state index in [0.717, 1.165) is 24.8 Å². The Bertz CT molecular complexity index is 1200. The van der Waals surface area contributed by atoms with Gasteiger partial charge in [-0.1, -0.05) is 32.9 Å². The second-order valence-corrected chi connectivity index (χ2v) is 9.21. The monoisotopic (exact) mass is 535 g/mol. The number of amides is 2. The van der Waals surface area contributed by atoms with Crippen molar-refractivity contribution in [2.45, 2.75) is 66.4 Å². The molecular weight excluding hydrogens is 498 g/mol. The number of hydrogen-bond acceptors (Lipinski definition) is 7. The quantitative estimate of drug-likeness (QED) is 0.226. The molecule has 0 saturated carbocycles. The zero-order valence-corrected chi connectivity index (χ0v) is 23.4. The first-order valence-corrected chi connectivity index (χ1v) is 13.2. The van der Waals surface area contributed by atoms with Gasteiger partial charge < -0.3 is 14.4 Å². The summed E-state index contributed by atoms with van der Waals surface area (Å²) in [5.74, 6) is 0.0340. The smallest absolute Gasteiger partial charge is 0.415 e. The number of anilines is 1. The SMILES string of the molecule is CCCC(=O)c1ccc(C)c(OC(C)=O)c1.CCCN(CCC)C(=O)C1CN(c2ccc(C#N)cc2)C(=O)O1. The maximum atomic E-state index is 12.5. The van der Waals surface area contributed by atoms with E-state index in [1.807, 2.05) is 33.8 Å². The van der Waals surface area contributed by atoms with Crippen molar-refractivity contribution in [2.24, 2.45) is 0 Å². The number of nitriles is 1. The highest BCUT2D eigenvalue weighted by atomic mass is 16.6. The first-order chi connectivity index (χ1) is 18.6. The second kappa shape index (κ2) is 15.3. The lowest BCUT2D eigenvalue weighted by Gasteiger charge is -2.23. The number of carbonyl (C=O) groups excluding carboxylic acids is 4. The van der Waals surface area contributed by atoms with Crippen molar-refractivity contribution < 1.29 is 28.7 Å². The van der Waals surface area contributed by atoms with Crippen molar-refractivity contribution in [3.8, 4) is 11.8 Å². The normalized spacial score (nSPS) is 14.0. The van der Waals surface area contributed by atoms with Crippen LogP contribution in [0.4, 0.5) is 10.5 Å². The molecule has 9 heteroatoms. The summed E-state index contributed by atoms with van der Waals surface area (Å²) in [6.45, 7) is 10.7. The van der Waals surface area contributed by atoms with Gasteiger partial charge in [-0.15, -0.1) is 0 Å². The number of ether oxygens (including phenoxy) is 2. The molecule has 1 saturated heterocycles. The molecule has 1 aliphatic rings. The third kappa shape index (κ3) is 8.95. The Morgan fingerprint density at radius 1 is 1.05 bits per heavy atom.